The topological polar surface area (TPSA) is 32.3 Å². The first kappa shape index (κ1) is 15.9. The number of aliphatic hydroxyl groups excluding tert-OH is 1. The van der Waals surface area contributed by atoms with Crippen molar-refractivity contribution in [2.45, 2.75) is 77.7 Å². The third-order valence-electron chi connectivity index (χ3n) is 3.18. The van der Waals surface area contributed by atoms with Gasteiger partial charge < -0.3 is 10.4 Å². The maximum atomic E-state index is 8.99. The average molecular weight is 229 g/mol. The largest absolute Gasteiger partial charge is 0.395 e. The molecular formula is C14H31NO. The van der Waals surface area contributed by atoms with Gasteiger partial charge in [0.1, 0.15) is 0 Å². The predicted molar refractivity (Wildman–Crippen MR) is 71.8 cm³/mol. The first-order chi connectivity index (χ1) is 7.85. The molecule has 0 fully saturated rings. The number of aliphatic hydroxyl groups is 1. The van der Waals surface area contributed by atoms with E-state index in [1.165, 1.54) is 51.4 Å². The van der Waals surface area contributed by atoms with Crippen molar-refractivity contribution in [2.75, 3.05) is 13.2 Å². The van der Waals surface area contributed by atoms with Crippen LogP contribution in [0, 0.1) is 0 Å². The van der Waals surface area contributed by atoms with E-state index in [2.05, 4.69) is 19.2 Å². The lowest BCUT2D eigenvalue weighted by Crippen LogP contribution is -2.32. The smallest absolute Gasteiger partial charge is 0.0584 e. The van der Waals surface area contributed by atoms with Crippen molar-refractivity contribution in [1.29, 1.82) is 0 Å². The molecule has 0 aliphatic carbocycles. The summed E-state index contributed by atoms with van der Waals surface area (Å²) in [6.07, 6.45) is 11.9. The van der Waals surface area contributed by atoms with Crippen LogP contribution in [-0.2, 0) is 0 Å². The van der Waals surface area contributed by atoms with Gasteiger partial charge in [-0.05, 0) is 19.4 Å². The SMILES string of the molecule is CCCCCCCCCCN[C@H](CC)CO. The normalized spacial score (nSPS) is 12.9. The minimum atomic E-state index is 0.271. The fourth-order valence-electron chi connectivity index (χ4n) is 1.90. The lowest BCUT2D eigenvalue weighted by Gasteiger charge is -2.13. The molecule has 0 heterocycles. The summed E-state index contributed by atoms with van der Waals surface area (Å²) in [5, 5.41) is 12.4. The fourth-order valence-corrected chi connectivity index (χ4v) is 1.90. The van der Waals surface area contributed by atoms with Crippen LogP contribution in [0.4, 0.5) is 0 Å². The van der Waals surface area contributed by atoms with E-state index in [4.69, 9.17) is 5.11 Å². The molecule has 0 aliphatic rings. The van der Waals surface area contributed by atoms with E-state index in [-0.39, 0.29) is 6.61 Å². The van der Waals surface area contributed by atoms with Gasteiger partial charge in [0.25, 0.3) is 0 Å². The minimum Gasteiger partial charge on any atom is -0.395 e. The van der Waals surface area contributed by atoms with Gasteiger partial charge in [0.2, 0.25) is 0 Å². The summed E-state index contributed by atoms with van der Waals surface area (Å²) < 4.78 is 0. The van der Waals surface area contributed by atoms with Gasteiger partial charge in [0.15, 0.2) is 0 Å². The predicted octanol–water partition coefficient (Wildman–Crippen LogP) is 3.49. The Balaban J connectivity index is 3.03. The van der Waals surface area contributed by atoms with Crippen molar-refractivity contribution in [3.63, 3.8) is 0 Å². The maximum absolute atomic E-state index is 8.99. The zero-order valence-corrected chi connectivity index (χ0v) is 11.3. The molecular weight excluding hydrogens is 198 g/mol. The van der Waals surface area contributed by atoms with Crippen molar-refractivity contribution < 1.29 is 5.11 Å². The van der Waals surface area contributed by atoms with E-state index in [0.717, 1.165) is 13.0 Å². The molecule has 0 saturated carbocycles. The molecule has 98 valence electrons. The molecule has 0 amide bonds. The Bertz CT molecular complexity index is 124. The van der Waals surface area contributed by atoms with Gasteiger partial charge in [0, 0.05) is 6.04 Å². The van der Waals surface area contributed by atoms with Crippen molar-refractivity contribution in [2.24, 2.45) is 0 Å². The highest BCUT2D eigenvalue weighted by molar-refractivity contribution is 4.62. The number of hydrogen-bond acceptors (Lipinski definition) is 2. The molecule has 0 bridgehead atoms. The second-order valence-electron chi connectivity index (χ2n) is 4.72. The molecule has 0 rings (SSSR count). The highest BCUT2D eigenvalue weighted by Gasteiger charge is 2.01. The van der Waals surface area contributed by atoms with Gasteiger partial charge in [-0.3, -0.25) is 0 Å². The molecule has 2 nitrogen and oxygen atoms in total. The molecule has 0 aromatic carbocycles. The van der Waals surface area contributed by atoms with Crippen molar-refractivity contribution in [3.05, 3.63) is 0 Å². The Hall–Kier alpha value is -0.0800. The summed E-state index contributed by atoms with van der Waals surface area (Å²) in [6, 6.07) is 0.310. The quantitative estimate of drug-likeness (QED) is 0.502. The van der Waals surface area contributed by atoms with Gasteiger partial charge >= 0.3 is 0 Å². The zero-order chi connectivity index (χ0) is 12.1. The maximum Gasteiger partial charge on any atom is 0.0584 e. The third kappa shape index (κ3) is 10.4. The minimum absolute atomic E-state index is 0.271. The lowest BCUT2D eigenvalue weighted by atomic mass is 10.1. The summed E-state index contributed by atoms with van der Waals surface area (Å²) >= 11 is 0. The van der Waals surface area contributed by atoms with Crippen molar-refractivity contribution in [3.8, 4) is 0 Å². The van der Waals surface area contributed by atoms with E-state index in [1.807, 2.05) is 0 Å². The Morgan fingerprint density at radius 1 is 0.875 bits per heavy atom. The second kappa shape index (κ2) is 13.0. The Kier molecular flexibility index (Phi) is 12.9. The van der Waals surface area contributed by atoms with Gasteiger partial charge in [-0.2, -0.15) is 0 Å². The molecule has 0 unspecified atom stereocenters. The van der Waals surface area contributed by atoms with Crippen LogP contribution in [0.25, 0.3) is 0 Å². The van der Waals surface area contributed by atoms with Crippen LogP contribution in [-0.4, -0.2) is 24.3 Å². The summed E-state index contributed by atoms with van der Waals surface area (Å²) in [5.41, 5.74) is 0. The van der Waals surface area contributed by atoms with E-state index in [0.29, 0.717) is 6.04 Å². The highest BCUT2D eigenvalue weighted by atomic mass is 16.3. The van der Waals surface area contributed by atoms with Crippen LogP contribution in [0.5, 0.6) is 0 Å². The van der Waals surface area contributed by atoms with Crippen LogP contribution in [0.3, 0.4) is 0 Å². The van der Waals surface area contributed by atoms with Gasteiger partial charge in [-0.15, -0.1) is 0 Å². The standard InChI is InChI=1S/C14H31NO/c1-3-5-6-7-8-9-10-11-12-15-14(4-2)13-16/h14-16H,3-13H2,1-2H3/t14-/m1/s1. The average Bonchev–Trinajstić information content (AvgIpc) is 2.32. The third-order valence-corrected chi connectivity index (χ3v) is 3.18. The van der Waals surface area contributed by atoms with Crippen LogP contribution in [0.2, 0.25) is 0 Å². The van der Waals surface area contributed by atoms with Gasteiger partial charge in [-0.1, -0.05) is 58.8 Å². The summed E-state index contributed by atoms with van der Waals surface area (Å²) in [4.78, 5) is 0. The van der Waals surface area contributed by atoms with Crippen LogP contribution in [0.15, 0.2) is 0 Å². The van der Waals surface area contributed by atoms with E-state index in [9.17, 15) is 0 Å². The highest BCUT2D eigenvalue weighted by Crippen LogP contribution is 2.07. The van der Waals surface area contributed by atoms with Crippen molar-refractivity contribution in [1.82, 2.24) is 5.32 Å². The number of hydrogen-bond donors (Lipinski definition) is 2. The fraction of sp³-hybridized carbons (Fsp3) is 1.00. The zero-order valence-electron chi connectivity index (χ0n) is 11.3. The summed E-state index contributed by atoms with van der Waals surface area (Å²) in [6.45, 7) is 5.71. The van der Waals surface area contributed by atoms with E-state index < -0.39 is 0 Å². The number of nitrogens with one attached hydrogen (secondary N) is 1. The second-order valence-corrected chi connectivity index (χ2v) is 4.72. The molecule has 0 saturated heterocycles. The molecule has 2 N–H and O–H groups in total. The Labute approximate surface area is 102 Å². The first-order valence-corrected chi connectivity index (χ1v) is 7.19. The van der Waals surface area contributed by atoms with Crippen LogP contribution < -0.4 is 5.32 Å². The van der Waals surface area contributed by atoms with E-state index >= 15 is 0 Å². The molecule has 0 aromatic rings. The van der Waals surface area contributed by atoms with Crippen molar-refractivity contribution >= 4 is 0 Å². The molecule has 0 radical (unpaired) electrons. The molecule has 0 aliphatic heterocycles. The molecule has 0 spiro atoms. The first-order valence-electron chi connectivity index (χ1n) is 7.19. The Morgan fingerprint density at radius 2 is 1.44 bits per heavy atom. The Morgan fingerprint density at radius 3 is 1.94 bits per heavy atom. The van der Waals surface area contributed by atoms with E-state index in [1.54, 1.807) is 0 Å². The summed E-state index contributed by atoms with van der Waals surface area (Å²) in [5.74, 6) is 0. The van der Waals surface area contributed by atoms with Gasteiger partial charge in [-0.25, -0.2) is 0 Å². The van der Waals surface area contributed by atoms with Crippen LogP contribution >= 0.6 is 0 Å². The van der Waals surface area contributed by atoms with Gasteiger partial charge in [0.05, 0.1) is 6.61 Å². The number of unbranched alkanes of at least 4 members (excludes halogenated alkanes) is 7. The molecule has 0 aromatic heterocycles. The molecule has 1 atom stereocenters. The van der Waals surface area contributed by atoms with Crippen LogP contribution in [0.1, 0.15) is 71.6 Å². The molecule has 2 heteroatoms. The monoisotopic (exact) mass is 229 g/mol. The molecule has 16 heavy (non-hydrogen) atoms. The lowest BCUT2D eigenvalue weighted by molar-refractivity contribution is 0.238. The number of rotatable bonds is 12. The summed E-state index contributed by atoms with van der Waals surface area (Å²) in [7, 11) is 0.